The van der Waals surface area contributed by atoms with E-state index in [0.717, 1.165) is 89.9 Å². The van der Waals surface area contributed by atoms with Crippen molar-refractivity contribution < 1.29 is 19.8 Å². The largest absolute Gasteiger partial charge is 0.481 e. The summed E-state index contributed by atoms with van der Waals surface area (Å²) >= 11 is 0. The van der Waals surface area contributed by atoms with E-state index in [0.29, 0.717) is 0 Å². The third kappa shape index (κ3) is 5.59. The number of rotatable bonds is 14. The summed E-state index contributed by atoms with van der Waals surface area (Å²) < 4.78 is 0. The summed E-state index contributed by atoms with van der Waals surface area (Å²) in [4.78, 5) is 22.3. The van der Waals surface area contributed by atoms with Gasteiger partial charge in [-0.05, 0) is 75.3 Å². The maximum Gasteiger partial charge on any atom is 0.309 e. The highest BCUT2D eigenvalue weighted by Crippen LogP contribution is 2.50. The van der Waals surface area contributed by atoms with Gasteiger partial charge in [0, 0.05) is 0 Å². The van der Waals surface area contributed by atoms with Crippen LogP contribution in [0.3, 0.4) is 0 Å². The van der Waals surface area contributed by atoms with Gasteiger partial charge in [0.05, 0.1) is 10.8 Å². The molecule has 4 heteroatoms. The Labute approximate surface area is 168 Å². The van der Waals surface area contributed by atoms with Crippen LogP contribution in [-0.4, -0.2) is 22.2 Å². The molecule has 0 atom stereocenters. The molecular formula is C24H34O4. The maximum absolute atomic E-state index is 11.2. The van der Waals surface area contributed by atoms with Gasteiger partial charge in [0.1, 0.15) is 0 Å². The highest BCUT2D eigenvalue weighted by Gasteiger charge is 2.49. The lowest BCUT2D eigenvalue weighted by molar-refractivity contribution is -0.144. The van der Waals surface area contributed by atoms with E-state index in [1.165, 1.54) is 11.1 Å². The van der Waals surface area contributed by atoms with E-state index < -0.39 is 11.9 Å². The quantitative estimate of drug-likeness (QED) is 0.407. The minimum atomic E-state index is -0.600. The molecule has 1 aromatic carbocycles. The van der Waals surface area contributed by atoms with Crippen molar-refractivity contribution in [1.82, 2.24) is 0 Å². The second-order valence-electron chi connectivity index (χ2n) is 9.11. The van der Waals surface area contributed by atoms with E-state index in [1.807, 2.05) is 0 Å². The molecule has 2 aliphatic carbocycles. The Balaban J connectivity index is 1.24. The first-order chi connectivity index (χ1) is 13.5. The minimum Gasteiger partial charge on any atom is -0.481 e. The summed E-state index contributed by atoms with van der Waals surface area (Å²) in [6.45, 7) is 0. The molecule has 2 N–H and O–H groups in total. The van der Waals surface area contributed by atoms with Crippen LogP contribution in [0.2, 0.25) is 0 Å². The average molecular weight is 387 g/mol. The first-order valence-electron chi connectivity index (χ1n) is 11.0. The minimum absolute atomic E-state index is 0.367. The summed E-state index contributed by atoms with van der Waals surface area (Å²) in [5.74, 6) is -1.20. The Morgan fingerprint density at radius 1 is 0.643 bits per heavy atom. The Morgan fingerprint density at radius 2 is 1.00 bits per heavy atom. The summed E-state index contributed by atoms with van der Waals surface area (Å²) in [6, 6.07) is 8.88. The summed E-state index contributed by atoms with van der Waals surface area (Å²) in [6.07, 6.45) is 13.8. The number of hydrogen-bond acceptors (Lipinski definition) is 2. The second-order valence-corrected chi connectivity index (χ2v) is 9.11. The fourth-order valence-electron chi connectivity index (χ4n) is 4.25. The molecule has 0 unspecified atom stereocenters. The van der Waals surface area contributed by atoms with E-state index in [1.54, 1.807) is 0 Å². The third-order valence-electron chi connectivity index (χ3n) is 6.88. The molecule has 0 saturated heterocycles. The van der Waals surface area contributed by atoms with Gasteiger partial charge in [-0.25, -0.2) is 0 Å². The predicted molar refractivity (Wildman–Crippen MR) is 109 cm³/mol. The van der Waals surface area contributed by atoms with Crippen LogP contribution in [0, 0.1) is 10.8 Å². The summed E-state index contributed by atoms with van der Waals surface area (Å²) in [5.41, 5.74) is 1.99. The molecule has 0 aromatic heterocycles. The fourth-order valence-corrected chi connectivity index (χ4v) is 4.25. The van der Waals surface area contributed by atoms with Gasteiger partial charge in [-0.1, -0.05) is 49.9 Å². The zero-order valence-corrected chi connectivity index (χ0v) is 16.9. The van der Waals surface area contributed by atoms with E-state index in [2.05, 4.69) is 24.3 Å². The zero-order chi connectivity index (χ0) is 20.0. The van der Waals surface area contributed by atoms with Crippen molar-refractivity contribution in [1.29, 1.82) is 0 Å². The molecule has 0 spiro atoms. The smallest absolute Gasteiger partial charge is 0.309 e. The lowest BCUT2D eigenvalue weighted by Crippen LogP contribution is -2.14. The van der Waals surface area contributed by atoms with Gasteiger partial charge in [0.25, 0.3) is 0 Å². The molecule has 0 aliphatic heterocycles. The standard InChI is InChI=1S/C24H34O4/c25-21(26)23(15-16-23)13-5-1-3-7-19-9-11-20(12-10-19)8-4-2-6-14-24(17-18-24)22(27)28/h9-12H,1-8,13-18H2,(H,25,26)(H,27,28). The highest BCUT2D eigenvalue weighted by atomic mass is 16.4. The molecule has 28 heavy (non-hydrogen) atoms. The van der Waals surface area contributed by atoms with Crippen LogP contribution in [0.15, 0.2) is 24.3 Å². The molecule has 4 nitrogen and oxygen atoms in total. The lowest BCUT2D eigenvalue weighted by Gasteiger charge is -2.09. The molecule has 154 valence electrons. The number of aryl methyl sites for hydroxylation is 2. The number of unbranched alkanes of at least 4 members (excludes halogenated alkanes) is 4. The lowest BCUT2D eigenvalue weighted by atomic mass is 9.96. The summed E-state index contributed by atoms with van der Waals surface area (Å²) in [5, 5.41) is 18.4. The fraction of sp³-hybridized carbons (Fsp3) is 0.667. The van der Waals surface area contributed by atoms with Crippen molar-refractivity contribution in [2.45, 2.75) is 89.9 Å². The Bertz CT molecular complexity index is 609. The second kappa shape index (κ2) is 9.11. The van der Waals surface area contributed by atoms with Gasteiger partial charge in [0.2, 0.25) is 0 Å². The number of benzene rings is 1. The number of aliphatic carboxylic acids is 2. The van der Waals surface area contributed by atoms with Gasteiger partial charge < -0.3 is 10.2 Å². The first kappa shape index (κ1) is 20.9. The van der Waals surface area contributed by atoms with Crippen molar-refractivity contribution in [3.05, 3.63) is 35.4 Å². The van der Waals surface area contributed by atoms with Gasteiger partial charge in [-0.3, -0.25) is 9.59 Å². The van der Waals surface area contributed by atoms with Crippen molar-refractivity contribution in [3.8, 4) is 0 Å². The van der Waals surface area contributed by atoms with Gasteiger partial charge in [0.15, 0.2) is 0 Å². The molecule has 1 aromatic rings. The summed E-state index contributed by atoms with van der Waals surface area (Å²) in [7, 11) is 0. The topological polar surface area (TPSA) is 74.6 Å². The van der Waals surface area contributed by atoms with Crippen molar-refractivity contribution >= 4 is 11.9 Å². The first-order valence-corrected chi connectivity index (χ1v) is 11.0. The van der Waals surface area contributed by atoms with Crippen LogP contribution in [0.1, 0.15) is 88.2 Å². The molecule has 0 amide bonds. The number of hydrogen-bond donors (Lipinski definition) is 2. The Morgan fingerprint density at radius 3 is 1.29 bits per heavy atom. The molecule has 2 fully saturated rings. The normalized spacial score (nSPS) is 18.6. The predicted octanol–water partition coefficient (Wildman–Crippen LogP) is 5.62. The van der Waals surface area contributed by atoms with Gasteiger partial charge >= 0.3 is 11.9 Å². The number of carboxylic acid groups (broad SMARTS) is 2. The van der Waals surface area contributed by atoms with Crippen molar-refractivity contribution in [2.75, 3.05) is 0 Å². The van der Waals surface area contributed by atoms with Crippen LogP contribution in [0.5, 0.6) is 0 Å². The maximum atomic E-state index is 11.2. The Kier molecular flexibility index (Phi) is 6.79. The van der Waals surface area contributed by atoms with E-state index in [9.17, 15) is 19.8 Å². The monoisotopic (exact) mass is 386 g/mol. The van der Waals surface area contributed by atoms with Crippen LogP contribution in [-0.2, 0) is 22.4 Å². The van der Waals surface area contributed by atoms with Crippen LogP contribution < -0.4 is 0 Å². The van der Waals surface area contributed by atoms with Crippen molar-refractivity contribution in [2.24, 2.45) is 10.8 Å². The molecule has 3 rings (SSSR count). The highest BCUT2D eigenvalue weighted by molar-refractivity contribution is 5.78. The zero-order valence-electron chi connectivity index (χ0n) is 16.9. The molecule has 0 radical (unpaired) electrons. The van der Waals surface area contributed by atoms with E-state index in [4.69, 9.17) is 0 Å². The number of carboxylic acids is 2. The SMILES string of the molecule is O=C(O)C1(CCCCCc2ccc(CCCCCC3(C(=O)O)CC3)cc2)CC1. The molecule has 2 saturated carbocycles. The van der Waals surface area contributed by atoms with Gasteiger partial charge in [-0.2, -0.15) is 0 Å². The molecular weight excluding hydrogens is 352 g/mol. The molecule has 0 bridgehead atoms. The molecule has 0 heterocycles. The van der Waals surface area contributed by atoms with Crippen LogP contribution in [0.4, 0.5) is 0 Å². The van der Waals surface area contributed by atoms with Crippen molar-refractivity contribution in [3.63, 3.8) is 0 Å². The van der Waals surface area contributed by atoms with E-state index in [-0.39, 0.29) is 10.8 Å². The average Bonchev–Trinajstić information content (AvgIpc) is 3.58. The van der Waals surface area contributed by atoms with Crippen LogP contribution >= 0.6 is 0 Å². The van der Waals surface area contributed by atoms with Gasteiger partial charge in [-0.15, -0.1) is 0 Å². The molecule has 2 aliphatic rings. The van der Waals surface area contributed by atoms with Crippen LogP contribution in [0.25, 0.3) is 0 Å². The third-order valence-corrected chi connectivity index (χ3v) is 6.88. The Hall–Kier alpha value is -1.84. The number of carbonyl (C=O) groups is 2. The van der Waals surface area contributed by atoms with E-state index >= 15 is 0 Å².